The molecule has 16 heavy (non-hydrogen) atoms. The molecule has 0 fully saturated rings. The molecule has 88 valence electrons. The van der Waals surface area contributed by atoms with Crippen LogP contribution < -0.4 is 10.5 Å². The molecule has 0 atom stereocenters. The second-order valence-corrected chi connectivity index (χ2v) is 2.66. The molecule has 0 unspecified atom stereocenters. The third-order valence-corrected chi connectivity index (χ3v) is 1.48. The summed E-state index contributed by atoms with van der Waals surface area (Å²) in [6, 6.07) is 1.55. The van der Waals surface area contributed by atoms with Crippen LogP contribution in [0.3, 0.4) is 0 Å². The average molecular weight is 237 g/mol. The molecule has 0 aliphatic carbocycles. The van der Waals surface area contributed by atoms with Crippen LogP contribution in [0.5, 0.6) is 5.88 Å². The molecule has 6 nitrogen and oxygen atoms in total. The lowest BCUT2D eigenvalue weighted by Crippen LogP contribution is -2.18. The number of halogens is 3. The van der Waals surface area contributed by atoms with Gasteiger partial charge >= 0.3 is 6.36 Å². The number of rotatable bonds is 3. The first-order chi connectivity index (χ1) is 7.31. The van der Waals surface area contributed by atoms with E-state index in [-0.39, 0.29) is 12.2 Å². The van der Waals surface area contributed by atoms with Crippen LogP contribution in [0.1, 0.15) is 5.69 Å². The Bertz CT molecular complexity index is 408. The zero-order chi connectivity index (χ0) is 12.3. The molecule has 1 aromatic heterocycles. The molecule has 0 aliphatic rings. The minimum Gasteiger partial charge on any atom is -0.388 e. The number of nitrogens with zero attached hydrogens (tertiary/aromatic N) is 2. The van der Waals surface area contributed by atoms with Crippen molar-refractivity contribution in [2.24, 2.45) is 5.73 Å². The minimum atomic E-state index is -4.95. The van der Waals surface area contributed by atoms with Crippen LogP contribution in [0.2, 0.25) is 0 Å². The molecule has 2 N–H and O–H groups in total. The summed E-state index contributed by atoms with van der Waals surface area (Å²) in [6.07, 6.45) is -4.95. The van der Waals surface area contributed by atoms with E-state index in [1.165, 1.54) is 0 Å². The number of nitrogens with two attached hydrogens (primary N) is 1. The molecule has 1 heterocycles. The Labute approximate surface area is 87.0 Å². The van der Waals surface area contributed by atoms with Crippen molar-refractivity contribution in [2.45, 2.75) is 12.9 Å². The van der Waals surface area contributed by atoms with E-state index in [1.807, 2.05) is 0 Å². The number of hydrogen-bond acceptors (Lipinski definition) is 5. The van der Waals surface area contributed by atoms with Crippen molar-refractivity contribution in [1.29, 1.82) is 0 Å². The minimum absolute atomic E-state index is 0.0616. The van der Waals surface area contributed by atoms with Gasteiger partial charge in [-0.15, -0.1) is 13.2 Å². The number of ether oxygens (including phenoxy) is 1. The van der Waals surface area contributed by atoms with Gasteiger partial charge in [0, 0.05) is 12.6 Å². The van der Waals surface area contributed by atoms with Crippen molar-refractivity contribution >= 4 is 5.69 Å². The van der Waals surface area contributed by atoms with Crippen LogP contribution in [-0.4, -0.2) is 16.3 Å². The van der Waals surface area contributed by atoms with Gasteiger partial charge < -0.3 is 10.5 Å². The lowest BCUT2D eigenvalue weighted by Gasteiger charge is -2.08. The van der Waals surface area contributed by atoms with Gasteiger partial charge in [0.1, 0.15) is 0 Å². The Balaban J connectivity index is 3.09. The largest absolute Gasteiger partial charge is 0.574 e. The Hall–Kier alpha value is -1.90. The molecule has 0 aliphatic heterocycles. The molecule has 0 saturated heterocycles. The first-order valence-electron chi connectivity index (χ1n) is 3.93. The lowest BCUT2D eigenvalue weighted by molar-refractivity contribution is -0.385. The van der Waals surface area contributed by atoms with Crippen molar-refractivity contribution < 1.29 is 22.8 Å². The standard InChI is InChI=1S/C7H6F3N3O3/c8-7(9,10)16-6-2-5(13(14)15)1-4(3-11)12-6/h1-2H,3,11H2. The highest BCUT2D eigenvalue weighted by atomic mass is 19.4. The predicted molar refractivity (Wildman–Crippen MR) is 45.5 cm³/mol. The summed E-state index contributed by atoms with van der Waals surface area (Å²) in [6.45, 7) is -0.226. The van der Waals surface area contributed by atoms with E-state index in [4.69, 9.17) is 5.73 Å². The molecule has 0 saturated carbocycles. The summed E-state index contributed by atoms with van der Waals surface area (Å²) in [5.74, 6) is -0.901. The smallest absolute Gasteiger partial charge is 0.388 e. The number of nitro groups is 1. The van der Waals surface area contributed by atoms with Crippen molar-refractivity contribution in [2.75, 3.05) is 0 Å². The van der Waals surface area contributed by atoms with Gasteiger partial charge in [0.05, 0.1) is 16.7 Å². The Morgan fingerprint density at radius 3 is 2.56 bits per heavy atom. The van der Waals surface area contributed by atoms with E-state index in [1.54, 1.807) is 0 Å². The molecular formula is C7H6F3N3O3. The fourth-order valence-electron chi connectivity index (χ4n) is 0.926. The van der Waals surface area contributed by atoms with E-state index in [0.717, 1.165) is 6.07 Å². The van der Waals surface area contributed by atoms with E-state index in [9.17, 15) is 23.3 Å². The predicted octanol–water partition coefficient (Wildman–Crippen LogP) is 1.35. The Kier molecular flexibility index (Phi) is 3.28. The Morgan fingerprint density at radius 1 is 1.50 bits per heavy atom. The van der Waals surface area contributed by atoms with Gasteiger partial charge in [-0.1, -0.05) is 0 Å². The summed E-state index contributed by atoms with van der Waals surface area (Å²) in [5, 5.41) is 10.4. The maximum atomic E-state index is 11.8. The van der Waals surface area contributed by atoms with E-state index >= 15 is 0 Å². The monoisotopic (exact) mass is 237 g/mol. The van der Waals surface area contributed by atoms with Crippen molar-refractivity contribution in [3.63, 3.8) is 0 Å². The highest BCUT2D eigenvalue weighted by Gasteiger charge is 2.32. The maximum absolute atomic E-state index is 11.8. The molecule has 1 aromatic rings. The van der Waals surface area contributed by atoms with Crippen LogP contribution >= 0.6 is 0 Å². The highest BCUT2D eigenvalue weighted by molar-refractivity contribution is 5.36. The summed E-state index contributed by atoms with van der Waals surface area (Å²) in [5.41, 5.74) is 4.51. The van der Waals surface area contributed by atoms with Gasteiger partial charge in [-0.05, 0) is 0 Å². The zero-order valence-corrected chi connectivity index (χ0v) is 7.69. The van der Waals surface area contributed by atoms with Gasteiger partial charge in [-0.3, -0.25) is 10.1 Å². The summed E-state index contributed by atoms with van der Waals surface area (Å²) in [7, 11) is 0. The molecule has 9 heteroatoms. The molecule has 0 amide bonds. The molecule has 0 spiro atoms. The lowest BCUT2D eigenvalue weighted by atomic mass is 10.3. The van der Waals surface area contributed by atoms with Crippen molar-refractivity contribution in [1.82, 2.24) is 4.98 Å². The molecule has 0 radical (unpaired) electrons. The quantitative estimate of drug-likeness (QED) is 0.632. The number of alkyl halides is 3. The topological polar surface area (TPSA) is 91.3 Å². The van der Waals surface area contributed by atoms with Crippen LogP contribution in [-0.2, 0) is 6.54 Å². The molecule has 0 bridgehead atoms. The number of aromatic nitrogens is 1. The third kappa shape index (κ3) is 3.35. The summed E-state index contributed by atoms with van der Waals surface area (Å²) >= 11 is 0. The van der Waals surface area contributed by atoms with E-state index in [2.05, 4.69) is 9.72 Å². The molecule has 1 rings (SSSR count). The Morgan fingerprint density at radius 2 is 2.12 bits per heavy atom. The summed E-state index contributed by atoms with van der Waals surface area (Å²) < 4.78 is 39.0. The molecular weight excluding hydrogens is 231 g/mol. The maximum Gasteiger partial charge on any atom is 0.574 e. The van der Waals surface area contributed by atoms with Gasteiger partial charge in [0.15, 0.2) is 0 Å². The third-order valence-electron chi connectivity index (χ3n) is 1.48. The average Bonchev–Trinajstić information content (AvgIpc) is 2.14. The second kappa shape index (κ2) is 4.31. The number of pyridine rings is 1. The second-order valence-electron chi connectivity index (χ2n) is 2.66. The van der Waals surface area contributed by atoms with Crippen LogP contribution in [0, 0.1) is 10.1 Å². The van der Waals surface area contributed by atoms with Gasteiger partial charge in [-0.25, -0.2) is 4.98 Å². The van der Waals surface area contributed by atoms with E-state index in [0.29, 0.717) is 6.07 Å². The first kappa shape index (κ1) is 12.2. The van der Waals surface area contributed by atoms with Crippen molar-refractivity contribution in [3.8, 4) is 5.88 Å². The van der Waals surface area contributed by atoms with Gasteiger partial charge in [0.2, 0.25) is 5.88 Å². The first-order valence-corrected chi connectivity index (χ1v) is 3.93. The van der Waals surface area contributed by atoms with Crippen molar-refractivity contribution in [3.05, 3.63) is 27.9 Å². The fraction of sp³-hybridized carbons (Fsp3) is 0.286. The van der Waals surface area contributed by atoms with Crippen LogP contribution in [0.15, 0.2) is 12.1 Å². The van der Waals surface area contributed by atoms with Gasteiger partial charge in [-0.2, -0.15) is 0 Å². The normalized spacial score (nSPS) is 11.2. The highest BCUT2D eigenvalue weighted by Crippen LogP contribution is 2.25. The van der Waals surface area contributed by atoms with Crippen LogP contribution in [0.25, 0.3) is 0 Å². The number of hydrogen-bond donors (Lipinski definition) is 1. The fourth-order valence-corrected chi connectivity index (χ4v) is 0.926. The molecule has 0 aromatic carbocycles. The van der Waals surface area contributed by atoms with Gasteiger partial charge in [0.25, 0.3) is 5.69 Å². The van der Waals surface area contributed by atoms with E-state index < -0.39 is 22.9 Å². The summed E-state index contributed by atoms with van der Waals surface area (Å²) in [4.78, 5) is 12.9. The van der Waals surface area contributed by atoms with Crippen LogP contribution in [0.4, 0.5) is 18.9 Å². The zero-order valence-electron chi connectivity index (χ0n) is 7.69. The SMILES string of the molecule is NCc1cc([N+](=O)[O-])cc(OC(F)(F)F)n1.